The number of benzene rings is 1. The van der Waals surface area contributed by atoms with Crippen LogP contribution in [0.4, 0.5) is 11.5 Å². The number of hydrogen-bond donors (Lipinski definition) is 2. The number of H-pyrrole nitrogens is 1. The lowest BCUT2D eigenvalue weighted by Gasteiger charge is -2.19. The minimum atomic E-state index is -0.697. The topological polar surface area (TPSA) is 101 Å². The summed E-state index contributed by atoms with van der Waals surface area (Å²) in [5.41, 5.74) is 4.79. The van der Waals surface area contributed by atoms with Crippen LogP contribution in [-0.2, 0) is 7.05 Å². The van der Waals surface area contributed by atoms with Crippen LogP contribution in [0.1, 0.15) is 10.4 Å². The fourth-order valence-electron chi connectivity index (χ4n) is 1.82. The van der Waals surface area contributed by atoms with Gasteiger partial charge in [-0.3, -0.25) is 19.1 Å². The Morgan fingerprint density at radius 1 is 1.25 bits per heavy atom. The molecule has 0 spiro atoms. The van der Waals surface area contributed by atoms with Crippen LogP contribution in [0, 0.1) is 0 Å². The number of amides is 1. The molecule has 104 valence electrons. The Morgan fingerprint density at radius 3 is 2.45 bits per heavy atom. The van der Waals surface area contributed by atoms with Crippen molar-refractivity contribution in [3.8, 4) is 0 Å². The van der Waals surface area contributed by atoms with Crippen molar-refractivity contribution >= 4 is 17.4 Å². The second-order valence-corrected chi connectivity index (χ2v) is 4.28. The maximum atomic E-state index is 12.3. The average Bonchev–Trinajstić information content (AvgIpc) is 2.45. The molecule has 0 unspecified atom stereocenters. The molecule has 0 atom stereocenters. The Labute approximate surface area is 114 Å². The zero-order chi connectivity index (χ0) is 14.9. The first kappa shape index (κ1) is 13.6. The lowest BCUT2D eigenvalue weighted by atomic mass is 10.2. The van der Waals surface area contributed by atoms with Gasteiger partial charge in [0, 0.05) is 19.7 Å². The first-order valence-electron chi connectivity index (χ1n) is 5.85. The zero-order valence-corrected chi connectivity index (χ0v) is 11.1. The molecule has 2 aromatic rings. The lowest BCUT2D eigenvalue weighted by Crippen LogP contribution is -2.38. The van der Waals surface area contributed by atoms with Gasteiger partial charge >= 0.3 is 5.69 Å². The summed E-state index contributed by atoms with van der Waals surface area (Å²) in [6.45, 7) is 0. The number of nitrogens with zero attached hydrogens (tertiary/aromatic N) is 2. The van der Waals surface area contributed by atoms with E-state index in [0.717, 1.165) is 9.47 Å². The number of aromatic amines is 1. The summed E-state index contributed by atoms with van der Waals surface area (Å²) in [4.78, 5) is 38.8. The fourth-order valence-corrected chi connectivity index (χ4v) is 1.82. The number of carbonyl (C=O) groups excluding carboxylic acids is 1. The van der Waals surface area contributed by atoms with Crippen molar-refractivity contribution in [1.82, 2.24) is 9.55 Å². The van der Waals surface area contributed by atoms with Crippen molar-refractivity contribution in [2.45, 2.75) is 0 Å². The molecule has 0 aliphatic rings. The predicted octanol–water partition coefficient (Wildman–Crippen LogP) is -0.0676. The molecular formula is C13H14N4O3. The highest BCUT2D eigenvalue weighted by Crippen LogP contribution is 2.16. The first-order chi connectivity index (χ1) is 9.43. The molecule has 7 nitrogen and oxygen atoms in total. The van der Waals surface area contributed by atoms with E-state index in [0.29, 0.717) is 5.56 Å². The number of nitrogens with one attached hydrogen (secondary N) is 1. The Kier molecular flexibility index (Phi) is 3.43. The average molecular weight is 274 g/mol. The summed E-state index contributed by atoms with van der Waals surface area (Å²) < 4.78 is 1.07. The van der Waals surface area contributed by atoms with Gasteiger partial charge in [-0.05, 0) is 12.1 Å². The summed E-state index contributed by atoms with van der Waals surface area (Å²) >= 11 is 0. The third-order valence-electron chi connectivity index (χ3n) is 3.00. The summed E-state index contributed by atoms with van der Waals surface area (Å²) in [6.07, 6.45) is 0. The van der Waals surface area contributed by atoms with E-state index in [2.05, 4.69) is 4.98 Å². The lowest BCUT2D eigenvalue weighted by molar-refractivity contribution is 0.0992. The normalized spacial score (nSPS) is 10.3. The molecule has 20 heavy (non-hydrogen) atoms. The summed E-state index contributed by atoms with van der Waals surface area (Å²) in [5.74, 6) is -0.452. The van der Waals surface area contributed by atoms with Gasteiger partial charge < -0.3 is 10.6 Å². The molecule has 1 heterocycles. The van der Waals surface area contributed by atoms with Gasteiger partial charge in [0.25, 0.3) is 11.5 Å². The first-order valence-corrected chi connectivity index (χ1v) is 5.85. The van der Waals surface area contributed by atoms with Crippen molar-refractivity contribution in [2.24, 2.45) is 7.05 Å². The van der Waals surface area contributed by atoms with Gasteiger partial charge in [-0.1, -0.05) is 18.2 Å². The third kappa shape index (κ3) is 2.20. The number of carbonyl (C=O) groups is 1. The Balaban J connectivity index is 2.53. The molecule has 0 bridgehead atoms. The standard InChI is InChI=1S/C13H14N4O3/c1-16(12(19)8-6-4-3-5-7-8)9-10(14)17(2)13(20)15-11(9)18/h3-7H,14H2,1-2H3,(H,15,18,20). The van der Waals surface area contributed by atoms with E-state index in [1.54, 1.807) is 30.3 Å². The van der Waals surface area contributed by atoms with E-state index in [1.165, 1.54) is 14.1 Å². The Bertz CT molecular complexity index is 761. The second-order valence-electron chi connectivity index (χ2n) is 4.28. The molecule has 7 heteroatoms. The maximum absolute atomic E-state index is 12.3. The summed E-state index contributed by atoms with van der Waals surface area (Å²) in [6, 6.07) is 8.48. The summed E-state index contributed by atoms with van der Waals surface area (Å²) in [5, 5.41) is 0. The van der Waals surface area contributed by atoms with Gasteiger partial charge in [-0.15, -0.1) is 0 Å². The molecule has 1 amide bonds. The van der Waals surface area contributed by atoms with E-state index < -0.39 is 11.2 Å². The molecule has 0 saturated heterocycles. The quantitative estimate of drug-likeness (QED) is 0.800. The van der Waals surface area contributed by atoms with Crippen LogP contribution in [0.5, 0.6) is 0 Å². The van der Waals surface area contributed by atoms with Crippen LogP contribution in [0.3, 0.4) is 0 Å². The smallest absolute Gasteiger partial charge is 0.329 e. The van der Waals surface area contributed by atoms with E-state index in [4.69, 9.17) is 5.73 Å². The van der Waals surface area contributed by atoms with Crippen LogP contribution in [0.2, 0.25) is 0 Å². The number of nitrogen functional groups attached to an aromatic ring is 1. The molecule has 0 aliphatic carbocycles. The number of rotatable bonds is 2. The van der Waals surface area contributed by atoms with Crippen molar-refractivity contribution in [3.05, 3.63) is 56.7 Å². The van der Waals surface area contributed by atoms with Gasteiger partial charge in [-0.2, -0.15) is 0 Å². The van der Waals surface area contributed by atoms with Crippen molar-refractivity contribution in [1.29, 1.82) is 0 Å². The number of nitrogens with two attached hydrogens (primary N) is 1. The maximum Gasteiger partial charge on any atom is 0.329 e. The highest BCUT2D eigenvalue weighted by atomic mass is 16.2. The zero-order valence-electron chi connectivity index (χ0n) is 11.1. The third-order valence-corrected chi connectivity index (χ3v) is 3.00. The van der Waals surface area contributed by atoms with Gasteiger partial charge in [0.1, 0.15) is 5.82 Å². The van der Waals surface area contributed by atoms with Crippen LogP contribution in [-0.4, -0.2) is 22.5 Å². The van der Waals surface area contributed by atoms with E-state index in [-0.39, 0.29) is 17.4 Å². The van der Waals surface area contributed by atoms with Crippen molar-refractivity contribution < 1.29 is 4.79 Å². The second kappa shape index (κ2) is 5.04. The number of aromatic nitrogens is 2. The highest BCUT2D eigenvalue weighted by Gasteiger charge is 2.20. The Hall–Kier alpha value is -2.83. The van der Waals surface area contributed by atoms with E-state index >= 15 is 0 Å². The molecule has 1 aromatic carbocycles. The molecule has 1 aromatic heterocycles. The largest absolute Gasteiger partial charge is 0.383 e. The van der Waals surface area contributed by atoms with Crippen molar-refractivity contribution in [2.75, 3.05) is 17.7 Å². The van der Waals surface area contributed by atoms with E-state index in [9.17, 15) is 14.4 Å². The van der Waals surface area contributed by atoms with Crippen LogP contribution >= 0.6 is 0 Å². The Morgan fingerprint density at radius 2 is 1.85 bits per heavy atom. The monoisotopic (exact) mass is 274 g/mol. The molecule has 0 radical (unpaired) electrons. The van der Waals surface area contributed by atoms with Crippen LogP contribution in [0.15, 0.2) is 39.9 Å². The minimum absolute atomic E-state index is 0.0547. The van der Waals surface area contributed by atoms with Crippen LogP contribution in [0.25, 0.3) is 0 Å². The van der Waals surface area contributed by atoms with Crippen molar-refractivity contribution in [3.63, 3.8) is 0 Å². The molecule has 0 aliphatic heterocycles. The SMILES string of the molecule is CN(C(=O)c1ccccc1)c1c(N)n(C)c(=O)[nH]c1=O. The molecule has 2 rings (SSSR count). The fraction of sp³-hybridized carbons (Fsp3) is 0.154. The summed E-state index contributed by atoms with van der Waals surface area (Å²) in [7, 11) is 2.85. The van der Waals surface area contributed by atoms with E-state index in [1.807, 2.05) is 0 Å². The molecule has 3 N–H and O–H groups in total. The molecule has 0 fully saturated rings. The number of hydrogen-bond acceptors (Lipinski definition) is 4. The predicted molar refractivity (Wildman–Crippen MR) is 75.9 cm³/mol. The number of anilines is 2. The minimum Gasteiger partial charge on any atom is -0.383 e. The van der Waals surface area contributed by atoms with Gasteiger partial charge in [0.05, 0.1) is 0 Å². The molecule has 0 saturated carbocycles. The van der Waals surface area contributed by atoms with Gasteiger partial charge in [0.15, 0.2) is 5.69 Å². The highest BCUT2D eigenvalue weighted by molar-refractivity contribution is 6.06. The molecular weight excluding hydrogens is 260 g/mol. The van der Waals surface area contributed by atoms with Crippen LogP contribution < -0.4 is 21.9 Å². The van der Waals surface area contributed by atoms with Gasteiger partial charge in [-0.25, -0.2) is 4.79 Å². The van der Waals surface area contributed by atoms with Gasteiger partial charge in [0.2, 0.25) is 0 Å².